The van der Waals surface area contributed by atoms with Crippen LogP contribution in [-0.2, 0) is 9.53 Å². The summed E-state index contributed by atoms with van der Waals surface area (Å²) < 4.78 is 6.73. The van der Waals surface area contributed by atoms with Crippen LogP contribution in [0.1, 0.15) is 91.4 Å². The van der Waals surface area contributed by atoms with Crippen LogP contribution in [0, 0.1) is 65.1 Å². The van der Waals surface area contributed by atoms with Crippen LogP contribution >= 0.6 is 0 Å². The number of ether oxygens (including phenoxy) is 1. The second-order valence-electron chi connectivity index (χ2n) is 12.3. The lowest BCUT2D eigenvalue weighted by molar-refractivity contribution is -0.216. The molecule has 7 rings (SSSR count). The van der Waals surface area contributed by atoms with E-state index in [9.17, 15) is 4.79 Å². The number of carbonyl (C=O) groups excluding carboxylic acids is 1. The molecule has 0 saturated heterocycles. The molecule has 0 N–H and O–H groups in total. The van der Waals surface area contributed by atoms with Crippen molar-refractivity contribution in [1.29, 1.82) is 0 Å². The highest BCUT2D eigenvalue weighted by atomic mass is 16.6. The lowest BCUT2D eigenvalue weighted by Crippen LogP contribution is -2.60. The smallest absolute Gasteiger partial charge is 0.309 e. The third kappa shape index (κ3) is 2.56. The third-order valence-corrected chi connectivity index (χ3v) is 11.5. The summed E-state index contributed by atoms with van der Waals surface area (Å²) in [5.74, 6) is 8.70. The van der Waals surface area contributed by atoms with Gasteiger partial charge in [0.25, 0.3) is 0 Å². The Morgan fingerprint density at radius 2 is 1.41 bits per heavy atom. The molecular formula is C27H42O2. The molecule has 7 aliphatic rings. The maximum Gasteiger partial charge on any atom is 0.309 e. The van der Waals surface area contributed by atoms with Crippen LogP contribution in [0.4, 0.5) is 0 Å². The molecule has 0 amide bonds. The Kier molecular flexibility index (Phi) is 4.45. The van der Waals surface area contributed by atoms with Gasteiger partial charge >= 0.3 is 5.97 Å². The van der Waals surface area contributed by atoms with E-state index in [2.05, 4.69) is 20.8 Å². The van der Waals surface area contributed by atoms with E-state index >= 15 is 0 Å². The van der Waals surface area contributed by atoms with E-state index in [4.69, 9.17) is 4.74 Å². The van der Waals surface area contributed by atoms with Gasteiger partial charge in [0.2, 0.25) is 0 Å². The molecular weight excluding hydrogens is 356 g/mol. The summed E-state index contributed by atoms with van der Waals surface area (Å²) in [5, 5.41) is 0. The summed E-state index contributed by atoms with van der Waals surface area (Å²) in [5.41, 5.74) is -0.0997. The first-order chi connectivity index (χ1) is 14.1. The van der Waals surface area contributed by atoms with Crippen molar-refractivity contribution in [1.82, 2.24) is 0 Å². The van der Waals surface area contributed by atoms with Gasteiger partial charge in [-0.1, -0.05) is 33.6 Å². The fourth-order valence-electron chi connectivity index (χ4n) is 10.7. The van der Waals surface area contributed by atoms with Crippen molar-refractivity contribution in [3.8, 4) is 0 Å². The van der Waals surface area contributed by atoms with Gasteiger partial charge in [0.05, 0.1) is 5.92 Å². The number of hydrogen-bond donors (Lipinski definition) is 0. The van der Waals surface area contributed by atoms with Crippen LogP contribution in [-0.4, -0.2) is 11.6 Å². The Morgan fingerprint density at radius 1 is 0.793 bits per heavy atom. The summed E-state index contributed by atoms with van der Waals surface area (Å²) in [6, 6.07) is 0. The molecule has 6 bridgehead atoms. The first-order valence-electron chi connectivity index (χ1n) is 13.3. The van der Waals surface area contributed by atoms with Gasteiger partial charge in [0.1, 0.15) is 5.60 Å². The highest BCUT2D eigenvalue weighted by Gasteiger charge is 2.63. The zero-order valence-electron chi connectivity index (χ0n) is 18.9. The predicted molar refractivity (Wildman–Crippen MR) is 115 cm³/mol. The molecule has 0 aromatic rings. The molecule has 0 heterocycles. The van der Waals surface area contributed by atoms with Gasteiger partial charge < -0.3 is 4.74 Å². The van der Waals surface area contributed by atoms with Gasteiger partial charge in [-0.2, -0.15) is 0 Å². The fourth-order valence-corrected chi connectivity index (χ4v) is 10.7. The van der Waals surface area contributed by atoms with Gasteiger partial charge in [0, 0.05) is 0 Å². The molecule has 7 aliphatic carbocycles. The van der Waals surface area contributed by atoms with Crippen molar-refractivity contribution in [2.45, 2.75) is 97.0 Å². The van der Waals surface area contributed by atoms with Crippen molar-refractivity contribution in [2.75, 3.05) is 0 Å². The van der Waals surface area contributed by atoms with Crippen molar-refractivity contribution in [3.63, 3.8) is 0 Å². The minimum Gasteiger partial charge on any atom is -0.458 e. The normalized spacial score (nSPS) is 56.7. The van der Waals surface area contributed by atoms with E-state index in [0.29, 0.717) is 17.8 Å². The summed E-state index contributed by atoms with van der Waals surface area (Å²) in [4.78, 5) is 13.7. The zero-order valence-corrected chi connectivity index (χ0v) is 18.9. The quantitative estimate of drug-likeness (QED) is 0.495. The minimum absolute atomic E-state index is 0.0997. The minimum atomic E-state index is -0.0997. The van der Waals surface area contributed by atoms with Crippen molar-refractivity contribution in [3.05, 3.63) is 0 Å². The Morgan fingerprint density at radius 3 is 2.00 bits per heavy atom. The first kappa shape index (κ1) is 19.2. The fraction of sp³-hybridized carbons (Fsp3) is 0.963. The maximum absolute atomic E-state index is 13.7. The average molecular weight is 399 g/mol. The largest absolute Gasteiger partial charge is 0.458 e. The highest BCUT2D eigenvalue weighted by molar-refractivity contribution is 5.74. The van der Waals surface area contributed by atoms with Crippen LogP contribution in [0.15, 0.2) is 0 Å². The number of fused-ring (bicyclic) bond motifs is 5. The molecule has 0 radical (unpaired) electrons. The summed E-state index contributed by atoms with van der Waals surface area (Å²) in [6.45, 7) is 7.09. The highest BCUT2D eigenvalue weighted by Crippen LogP contribution is 2.66. The van der Waals surface area contributed by atoms with Crippen LogP contribution in [0.2, 0.25) is 0 Å². The molecule has 7 atom stereocenters. The SMILES string of the molecule is CCC1CC(CC)C2C3CC(CC3C(=O)OC3(CC)C4CC5CC(C4)CC3C5)C12. The molecule has 0 spiro atoms. The second kappa shape index (κ2) is 6.73. The topological polar surface area (TPSA) is 26.3 Å². The van der Waals surface area contributed by atoms with Crippen LogP contribution in [0.5, 0.6) is 0 Å². The Hall–Kier alpha value is -0.530. The molecule has 2 nitrogen and oxygen atoms in total. The Balaban J connectivity index is 1.22. The number of rotatable bonds is 5. The van der Waals surface area contributed by atoms with E-state index in [0.717, 1.165) is 54.3 Å². The maximum atomic E-state index is 13.7. The summed E-state index contributed by atoms with van der Waals surface area (Å²) in [6.07, 6.45) is 14.5. The van der Waals surface area contributed by atoms with Gasteiger partial charge in [0.15, 0.2) is 0 Å². The van der Waals surface area contributed by atoms with Crippen molar-refractivity contribution < 1.29 is 9.53 Å². The molecule has 0 aliphatic heterocycles. The Bertz CT molecular complexity index is 639. The number of hydrogen-bond acceptors (Lipinski definition) is 2. The standard InChI is InChI=1S/C27H42O2/c1-4-17-12-18(5-2)25-22-13-19(24(17)25)14-23(22)26(28)29-27(6-3)20-8-15-7-16(10-20)11-21(27)9-15/h15-25H,4-14H2,1-3H3. The van der Waals surface area contributed by atoms with E-state index in [-0.39, 0.29) is 17.5 Å². The van der Waals surface area contributed by atoms with Crippen molar-refractivity contribution in [2.24, 2.45) is 65.1 Å². The van der Waals surface area contributed by atoms with Crippen LogP contribution < -0.4 is 0 Å². The van der Waals surface area contributed by atoms with E-state index in [1.165, 1.54) is 57.8 Å². The summed E-state index contributed by atoms with van der Waals surface area (Å²) in [7, 11) is 0. The van der Waals surface area contributed by atoms with Crippen LogP contribution in [0.25, 0.3) is 0 Å². The average Bonchev–Trinajstić information content (AvgIpc) is 3.40. The first-order valence-corrected chi connectivity index (χ1v) is 13.3. The molecule has 2 heteroatoms. The molecule has 0 aromatic carbocycles. The van der Waals surface area contributed by atoms with Gasteiger partial charge in [-0.3, -0.25) is 4.79 Å². The molecule has 162 valence electrons. The van der Waals surface area contributed by atoms with E-state index < -0.39 is 0 Å². The zero-order chi connectivity index (χ0) is 19.9. The van der Waals surface area contributed by atoms with E-state index in [1.807, 2.05) is 0 Å². The number of carbonyl (C=O) groups is 1. The predicted octanol–water partition coefficient (Wildman–Crippen LogP) is 6.48. The van der Waals surface area contributed by atoms with Gasteiger partial charge in [-0.05, 0) is 117 Å². The molecule has 7 saturated carbocycles. The Labute approximate surface area is 177 Å². The van der Waals surface area contributed by atoms with Crippen LogP contribution in [0.3, 0.4) is 0 Å². The molecule has 7 unspecified atom stereocenters. The van der Waals surface area contributed by atoms with Gasteiger partial charge in [-0.25, -0.2) is 0 Å². The molecule has 7 fully saturated rings. The number of esters is 1. The van der Waals surface area contributed by atoms with Crippen molar-refractivity contribution >= 4 is 5.97 Å². The second-order valence-corrected chi connectivity index (χ2v) is 12.3. The summed E-state index contributed by atoms with van der Waals surface area (Å²) >= 11 is 0. The third-order valence-electron chi connectivity index (χ3n) is 11.5. The molecule has 29 heavy (non-hydrogen) atoms. The lowest BCUT2D eigenvalue weighted by atomic mass is 9.49. The van der Waals surface area contributed by atoms with Gasteiger partial charge in [-0.15, -0.1) is 0 Å². The monoisotopic (exact) mass is 398 g/mol. The molecule has 0 aromatic heterocycles. The van der Waals surface area contributed by atoms with E-state index in [1.54, 1.807) is 0 Å². The lowest BCUT2D eigenvalue weighted by Gasteiger charge is -2.60.